The SMILES string of the molecule is CCCOc1ccc(C2C(=C(O)c3ccc(OCC)cc3)C(=O)C(=O)N2c2nnc(SCc3ccccc3F)s2)cc1OCC. The van der Waals surface area contributed by atoms with Gasteiger partial charge in [0.2, 0.25) is 5.13 Å². The van der Waals surface area contributed by atoms with Gasteiger partial charge in [0.1, 0.15) is 17.3 Å². The number of ketones is 1. The van der Waals surface area contributed by atoms with Crippen molar-refractivity contribution in [1.29, 1.82) is 0 Å². The van der Waals surface area contributed by atoms with Gasteiger partial charge in [-0.3, -0.25) is 14.5 Å². The first kappa shape index (κ1) is 32.0. The molecule has 234 valence electrons. The van der Waals surface area contributed by atoms with Crippen LogP contribution in [0.5, 0.6) is 17.2 Å². The van der Waals surface area contributed by atoms with Crippen LogP contribution < -0.4 is 19.1 Å². The van der Waals surface area contributed by atoms with E-state index in [0.29, 0.717) is 63.9 Å². The number of Topliss-reactive ketones (excluding diaryl/α,β-unsaturated/α-hetero) is 1. The Balaban J connectivity index is 1.57. The van der Waals surface area contributed by atoms with Gasteiger partial charge in [-0.15, -0.1) is 10.2 Å². The zero-order valence-corrected chi connectivity index (χ0v) is 26.6. The summed E-state index contributed by atoms with van der Waals surface area (Å²) in [5.41, 5.74) is 1.24. The molecule has 0 saturated carbocycles. The molecule has 1 fully saturated rings. The van der Waals surface area contributed by atoms with Gasteiger partial charge in [-0.2, -0.15) is 0 Å². The van der Waals surface area contributed by atoms with Crippen molar-refractivity contribution < 1.29 is 33.3 Å². The van der Waals surface area contributed by atoms with Crippen molar-refractivity contribution in [3.63, 3.8) is 0 Å². The van der Waals surface area contributed by atoms with E-state index in [9.17, 15) is 19.1 Å². The van der Waals surface area contributed by atoms with Crippen LogP contribution in [0.1, 0.15) is 49.9 Å². The third-order valence-electron chi connectivity index (χ3n) is 6.84. The second kappa shape index (κ2) is 14.6. The summed E-state index contributed by atoms with van der Waals surface area (Å²) in [6.45, 7) is 7.01. The summed E-state index contributed by atoms with van der Waals surface area (Å²) < 4.78 is 31.9. The number of ether oxygens (including phenoxy) is 3. The van der Waals surface area contributed by atoms with Gasteiger partial charge < -0.3 is 19.3 Å². The van der Waals surface area contributed by atoms with Crippen LogP contribution in [0.15, 0.2) is 76.6 Å². The smallest absolute Gasteiger partial charge is 0.301 e. The minimum absolute atomic E-state index is 0.107. The zero-order chi connectivity index (χ0) is 31.9. The molecule has 5 rings (SSSR count). The van der Waals surface area contributed by atoms with Gasteiger partial charge in [-0.1, -0.05) is 54.3 Å². The maximum atomic E-state index is 14.2. The van der Waals surface area contributed by atoms with E-state index >= 15 is 0 Å². The number of aliphatic hydroxyl groups excluding tert-OH is 1. The number of carbonyl (C=O) groups excluding carboxylic acids is 2. The molecule has 0 spiro atoms. The van der Waals surface area contributed by atoms with E-state index in [2.05, 4.69) is 10.2 Å². The lowest BCUT2D eigenvalue weighted by Crippen LogP contribution is -2.29. The van der Waals surface area contributed by atoms with E-state index in [1.165, 1.54) is 22.7 Å². The Bertz CT molecular complexity index is 1710. The standard InChI is InChI=1S/C33H32FN3O6S2/c1-4-17-43-25-16-13-21(18-26(25)42-6-3)28-27(29(38)20-11-14-23(15-12-20)41-5-2)30(39)31(40)37(28)32-35-36-33(45-32)44-19-22-9-7-8-10-24(22)34/h7-16,18,28,38H,4-6,17,19H2,1-3H3. The summed E-state index contributed by atoms with van der Waals surface area (Å²) in [7, 11) is 0. The number of halogens is 1. The van der Waals surface area contributed by atoms with E-state index in [0.717, 1.165) is 17.8 Å². The average Bonchev–Trinajstić information content (AvgIpc) is 3.62. The number of rotatable bonds is 13. The average molecular weight is 650 g/mol. The van der Waals surface area contributed by atoms with E-state index < -0.39 is 17.7 Å². The second-order valence-corrected chi connectivity index (χ2v) is 12.0. The number of hydrogen-bond donors (Lipinski definition) is 1. The van der Waals surface area contributed by atoms with E-state index in [4.69, 9.17) is 14.2 Å². The number of aromatic nitrogens is 2. The molecule has 4 aromatic rings. The van der Waals surface area contributed by atoms with Crippen LogP contribution in [0.4, 0.5) is 9.52 Å². The highest BCUT2D eigenvalue weighted by Gasteiger charge is 2.48. The van der Waals surface area contributed by atoms with Gasteiger partial charge >= 0.3 is 5.91 Å². The van der Waals surface area contributed by atoms with E-state index in [1.807, 2.05) is 20.8 Å². The Morgan fingerprint density at radius 2 is 1.71 bits per heavy atom. The van der Waals surface area contributed by atoms with Crippen LogP contribution in [0.25, 0.3) is 5.76 Å². The maximum Gasteiger partial charge on any atom is 0.301 e. The summed E-state index contributed by atoms with van der Waals surface area (Å²) in [5.74, 6) is -0.535. The Morgan fingerprint density at radius 1 is 0.956 bits per heavy atom. The van der Waals surface area contributed by atoms with Crippen molar-refractivity contribution in [3.8, 4) is 17.2 Å². The molecule has 12 heteroatoms. The molecular formula is C33H32FN3O6S2. The number of thioether (sulfide) groups is 1. The third-order valence-corrected chi connectivity index (χ3v) is 8.94. The number of amides is 1. The van der Waals surface area contributed by atoms with Gasteiger partial charge in [-0.05, 0) is 73.9 Å². The van der Waals surface area contributed by atoms with Crippen molar-refractivity contribution in [3.05, 3.63) is 94.8 Å². The Labute approximate surface area is 268 Å². The molecule has 1 N–H and O–H groups in total. The maximum absolute atomic E-state index is 14.2. The van der Waals surface area contributed by atoms with Crippen LogP contribution in [-0.2, 0) is 15.3 Å². The highest BCUT2D eigenvalue weighted by Crippen LogP contribution is 2.46. The van der Waals surface area contributed by atoms with Crippen LogP contribution in [0.3, 0.4) is 0 Å². The number of nitrogens with zero attached hydrogens (tertiary/aromatic N) is 3. The largest absolute Gasteiger partial charge is 0.507 e. The van der Waals surface area contributed by atoms with Crippen LogP contribution in [0, 0.1) is 5.82 Å². The van der Waals surface area contributed by atoms with Gasteiger partial charge in [0.05, 0.1) is 31.4 Å². The molecule has 1 unspecified atom stereocenters. The monoisotopic (exact) mass is 649 g/mol. The summed E-state index contributed by atoms with van der Waals surface area (Å²) in [6.07, 6.45) is 0.796. The summed E-state index contributed by atoms with van der Waals surface area (Å²) in [5, 5.41) is 20.1. The molecule has 0 radical (unpaired) electrons. The van der Waals surface area contributed by atoms with E-state index in [1.54, 1.807) is 60.7 Å². The second-order valence-electron chi connectivity index (χ2n) is 9.84. The first-order valence-corrected chi connectivity index (χ1v) is 16.3. The fourth-order valence-corrected chi connectivity index (χ4v) is 6.64. The molecule has 1 aliphatic rings. The predicted octanol–water partition coefficient (Wildman–Crippen LogP) is 7.18. The number of hydrogen-bond acceptors (Lipinski definition) is 10. The molecule has 0 bridgehead atoms. The highest BCUT2D eigenvalue weighted by molar-refractivity contribution is 8.00. The first-order valence-electron chi connectivity index (χ1n) is 14.5. The van der Waals surface area contributed by atoms with Crippen molar-refractivity contribution in [2.75, 3.05) is 24.7 Å². The number of carbonyl (C=O) groups is 2. The Kier molecular flexibility index (Phi) is 10.4. The molecule has 1 saturated heterocycles. The fourth-order valence-electron chi connectivity index (χ4n) is 4.78. The summed E-state index contributed by atoms with van der Waals surface area (Å²) >= 11 is 2.37. The Morgan fingerprint density at radius 3 is 2.42 bits per heavy atom. The minimum atomic E-state index is -1.05. The molecule has 1 aromatic heterocycles. The quantitative estimate of drug-likeness (QED) is 0.0529. The van der Waals surface area contributed by atoms with Crippen molar-refractivity contribution in [2.24, 2.45) is 0 Å². The molecule has 1 amide bonds. The summed E-state index contributed by atoms with van der Waals surface area (Å²) in [4.78, 5) is 28.6. The van der Waals surface area contributed by atoms with Crippen molar-refractivity contribution in [2.45, 2.75) is 43.3 Å². The van der Waals surface area contributed by atoms with Gasteiger partial charge in [0, 0.05) is 11.3 Å². The lowest BCUT2D eigenvalue weighted by Gasteiger charge is -2.23. The molecule has 45 heavy (non-hydrogen) atoms. The van der Waals surface area contributed by atoms with Crippen LogP contribution >= 0.6 is 23.1 Å². The van der Waals surface area contributed by atoms with Gasteiger partial charge in [-0.25, -0.2) is 4.39 Å². The highest BCUT2D eigenvalue weighted by atomic mass is 32.2. The van der Waals surface area contributed by atoms with Crippen molar-refractivity contribution in [1.82, 2.24) is 10.2 Å². The lowest BCUT2D eigenvalue weighted by molar-refractivity contribution is -0.132. The minimum Gasteiger partial charge on any atom is -0.507 e. The number of aliphatic hydroxyl groups is 1. The van der Waals surface area contributed by atoms with E-state index in [-0.39, 0.29) is 22.3 Å². The summed E-state index contributed by atoms with van der Waals surface area (Å²) in [6, 6.07) is 17.2. The zero-order valence-electron chi connectivity index (χ0n) is 25.0. The molecule has 2 heterocycles. The predicted molar refractivity (Wildman–Crippen MR) is 172 cm³/mol. The third kappa shape index (κ3) is 6.97. The number of benzene rings is 3. The number of anilines is 1. The molecular weight excluding hydrogens is 618 g/mol. The fraction of sp³-hybridized carbons (Fsp3) is 0.273. The first-order chi connectivity index (χ1) is 21.9. The molecule has 9 nitrogen and oxygen atoms in total. The molecule has 1 aliphatic heterocycles. The van der Waals surface area contributed by atoms with Gasteiger partial charge in [0.25, 0.3) is 5.78 Å². The van der Waals surface area contributed by atoms with Gasteiger partial charge in [0.15, 0.2) is 15.8 Å². The normalized spacial score (nSPS) is 15.8. The lowest BCUT2D eigenvalue weighted by atomic mass is 9.95. The molecule has 1 atom stereocenters. The Hall–Kier alpha value is -4.42. The van der Waals surface area contributed by atoms with Crippen molar-refractivity contribution >= 4 is 45.7 Å². The van der Waals surface area contributed by atoms with Crippen LogP contribution in [0.2, 0.25) is 0 Å². The molecule has 0 aliphatic carbocycles. The topological polar surface area (TPSA) is 111 Å². The van der Waals surface area contributed by atoms with Crippen LogP contribution in [-0.4, -0.2) is 46.8 Å². The molecule has 3 aromatic carbocycles.